The topological polar surface area (TPSA) is 174 Å². The number of halogens is 1. The molecule has 23 heavy (non-hydrogen) atoms. The second-order valence-electron chi connectivity index (χ2n) is 4.19. The van der Waals surface area contributed by atoms with Crippen molar-refractivity contribution in [1.82, 2.24) is 5.32 Å². The summed E-state index contributed by atoms with van der Waals surface area (Å²) >= 11 is 1.50. The van der Waals surface area contributed by atoms with E-state index in [0.29, 0.717) is 24.4 Å². The zero-order valence-electron chi connectivity index (χ0n) is 12.5. The van der Waals surface area contributed by atoms with E-state index in [9.17, 15) is 14.4 Å². The maximum absolute atomic E-state index is 10.6. The zero-order valence-corrected chi connectivity index (χ0v) is 14.2. The van der Waals surface area contributed by atoms with E-state index >= 15 is 0 Å². The molecule has 0 radical (unpaired) electrons. The fourth-order valence-electron chi connectivity index (χ4n) is 0.807. The molecule has 0 aliphatic rings. The van der Waals surface area contributed by atoms with Crippen LogP contribution in [0.4, 0.5) is 0 Å². The number of hydrogen-bond donors (Lipinski definition) is 6. The van der Waals surface area contributed by atoms with Crippen molar-refractivity contribution in [3.8, 4) is 0 Å². The third-order valence-corrected chi connectivity index (χ3v) is 3.23. The van der Waals surface area contributed by atoms with Crippen LogP contribution in [0.15, 0.2) is 12.2 Å². The van der Waals surface area contributed by atoms with Crippen molar-refractivity contribution < 1.29 is 29.7 Å². The molecule has 0 heterocycles. The lowest BCUT2D eigenvalue weighted by molar-refractivity contribution is -0.141. The summed E-state index contributed by atoms with van der Waals surface area (Å²) in [4.78, 5) is 29.7. The largest absolute Gasteiger partial charge is 0.480 e. The summed E-state index contributed by atoms with van der Waals surface area (Å²) in [7, 11) is 0. The molecule has 0 aromatic rings. The van der Waals surface area contributed by atoms with E-state index in [1.807, 2.05) is 0 Å². The van der Waals surface area contributed by atoms with Crippen LogP contribution in [0.25, 0.3) is 0 Å². The minimum absolute atomic E-state index is 0. The maximum Gasteiger partial charge on any atom is 0.328 e. The van der Waals surface area contributed by atoms with Gasteiger partial charge >= 0.3 is 17.9 Å². The van der Waals surface area contributed by atoms with Gasteiger partial charge < -0.3 is 31.8 Å². The van der Waals surface area contributed by atoms with Crippen molar-refractivity contribution in [2.75, 3.05) is 24.6 Å². The van der Waals surface area contributed by atoms with Gasteiger partial charge in [-0.25, -0.2) is 9.59 Å². The summed E-state index contributed by atoms with van der Waals surface area (Å²) in [5.74, 6) is -2.29. The summed E-state index contributed by atoms with van der Waals surface area (Å²) in [5, 5.41) is 34.1. The minimum atomic E-state index is -1.26. The van der Waals surface area contributed by atoms with Crippen LogP contribution in [0.1, 0.15) is 6.92 Å². The number of nitrogens with one attached hydrogen (secondary N) is 2. The van der Waals surface area contributed by atoms with Crippen LogP contribution in [0, 0.1) is 5.41 Å². The van der Waals surface area contributed by atoms with Crippen molar-refractivity contribution in [1.29, 1.82) is 5.41 Å². The van der Waals surface area contributed by atoms with Crippen LogP contribution in [-0.2, 0) is 14.4 Å². The molecule has 11 heteroatoms. The predicted octanol–water partition coefficient (Wildman–Crippen LogP) is -0.106. The Morgan fingerprint density at radius 3 is 2.04 bits per heavy atom. The molecule has 0 amide bonds. The summed E-state index contributed by atoms with van der Waals surface area (Å²) in [5.41, 5.74) is 4.38. The van der Waals surface area contributed by atoms with Gasteiger partial charge in [0.15, 0.2) is 0 Å². The number of nitrogens with two attached hydrogens (primary N) is 1. The molecular weight excluding hydrogens is 350 g/mol. The number of hydrogen-bond acceptors (Lipinski definition) is 7. The Kier molecular flexibility index (Phi) is 17.5. The number of carboxylic acid groups (broad SMARTS) is 3. The van der Waals surface area contributed by atoms with E-state index in [2.05, 4.69) is 5.32 Å². The van der Waals surface area contributed by atoms with E-state index in [1.54, 1.807) is 0 Å². The van der Waals surface area contributed by atoms with Crippen LogP contribution in [0.5, 0.6) is 0 Å². The second kappa shape index (κ2) is 15.3. The standard InChI is InChI=1S/C8H17N3O2S.C4H4O4.ClH/c1-8(10,7(12)13)6-14-5-4-11-3-2-9;5-3(6)1-2-4(7)8;/h2,9,11H,3-6,10H2,1H3,(H,12,13);1-2H,(H,5,6)(H,7,8);1H/b;2-1-;/t8-;;/m0../s1. The number of aliphatic carboxylic acids is 3. The highest BCUT2D eigenvalue weighted by molar-refractivity contribution is 7.99. The van der Waals surface area contributed by atoms with Gasteiger partial charge in [-0.3, -0.25) is 4.79 Å². The van der Waals surface area contributed by atoms with Gasteiger partial charge in [0.1, 0.15) is 5.54 Å². The molecule has 0 unspecified atom stereocenters. The number of carbonyl (C=O) groups is 3. The minimum Gasteiger partial charge on any atom is -0.480 e. The molecule has 1 atom stereocenters. The number of rotatable bonds is 10. The lowest BCUT2D eigenvalue weighted by Crippen LogP contribution is -2.47. The molecule has 0 saturated carbocycles. The Labute approximate surface area is 144 Å². The molecule has 0 fully saturated rings. The van der Waals surface area contributed by atoms with Gasteiger partial charge in [0.05, 0.1) is 0 Å². The lowest BCUT2D eigenvalue weighted by atomic mass is 10.1. The van der Waals surface area contributed by atoms with E-state index < -0.39 is 23.4 Å². The van der Waals surface area contributed by atoms with Crippen LogP contribution < -0.4 is 11.1 Å². The third-order valence-electron chi connectivity index (χ3n) is 1.93. The van der Waals surface area contributed by atoms with Crippen LogP contribution in [-0.4, -0.2) is 69.6 Å². The molecule has 0 bridgehead atoms. The van der Waals surface area contributed by atoms with E-state index in [-0.39, 0.29) is 12.4 Å². The summed E-state index contributed by atoms with van der Waals surface area (Å²) < 4.78 is 0. The smallest absolute Gasteiger partial charge is 0.328 e. The molecule has 0 rings (SSSR count). The Balaban J connectivity index is -0.000000382. The Bertz CT molecular complexity index is 402. The van der Waals surface area contributed by atoms with Gasteiger partial charge in [-0.15, -0.1) is 12.4 Å². The molecule has 134 valence electrons. The highest BCUT2D eigenvalue weighted by Gasteiger charge is 2.27. The highest BCUT2D eigenvalue weighted by Crippen LogP contribution is 2.09. The Morgan fingerprint density at radius 2 is 1.70 bits per heavy atom. The second-order valence-corrected chi connectivity index (χ2v) is 5.30. The Hall–Kier alpha value is -1.62. The fourth-order valence-corrected chi connectivity index (χ4v) is 1.79. The Morgan fingerprint density at radius 1 is 1.22 bits per heavy atom. The normalized spacial score (nSPS) is 12.3. The van der Waals surface area contributed by atoms with Crippen LogP contribution >= 0.6 is 24.2 Å². The zero-order chi connectivity index (χ0) is 17.6. The summed E-state index contributed by atoms with van der Waals surface area (Å²) in [6.07, 6.45) is 2.40. The predicted molar refractivity (Wildman–Crippen MR) is 90.9 cm³/mol. The van der Waals surface area contributed by atoms with Crippen molar-refractivity contribution in [2.24, 2.45) is 5.73 Å². The van der Waals surface area contributed by atoms with E-state index in [1.165, 1.54) is 24.9 Å². The van der Waals surface area contributed by atoms with Crippen LogP contribution in [0.2, 0.25) is 0 Å². The van der Waals surface area contributed by atoms with Gasteiger partial charge in [0.25, 0.3) is 0 Å². The van der Waals surface area contributed by atoms with Crippen molar-refractivity contribution >= 4 is 48.3 Å². The lowest BCUT2D eigenvalue weighted by Gasteiger charge is -2.18. The van der Waals surface area contributed by atoms with Gasteiger partial charge in [-0.05, 0) is 6.92 Å². The van der Waals surface area contributed by atoms with E-state index in [4.69, 9.17) is 26.5 Å². The quantitative estimate of drug-likeness (QED) is 0.174. The SMILES string of the molecule is C[C@](N)(CSCCNCC=N)C(=O)O.Cl.O=C(O)/C=C\C(=O)O. The summed E-state index contributed by atoms with van der Waals surface area (Å²) in [6, 6.07) is 0. The molecule has 0 spiro atoms. The molecule has 0 aliphatic heterocycles. The number of thioether (sulfide) groups is 1. The van der Waals surface area contributed by atoms with Crippen molar-refractivity contribution in [3.05, 3.63) is 12.2 Å². The molecule has 7 N–H and O–H groups in total. The molecule has 9 nitrogen and oxygen atoms in total. The van der Waals surface area contributed by atoms with Gasteiger partial charge in [-0.1, -0.05) is 0 Å². The summed E-state index contributed by atoms with van der Waals surface area (Å²) in [6.45, 7) is 2.82. The first kappa shape index (κ1) is 26.3. The van der Waals surface area contributed by atoms with Gasteiger partial charge in [-0.2, -0.15) is 11.8 Å². The number of carboxylic acids is 3. The third kappa shape index (κ3) is 20.4. The average Bonchev–Trinajstić information content (AvgIpc) is 2.41. The molecule has 0 saturated heterocycles. The first-order valence-electron chi connectivity index (χ1n) is 6.07. The van der Waals surface area contributed by atoms with E-state index in [0.717, 1.165) is 12.3 Å². The maximum atomic E-state index is 10.6. The van der Waals surface area contributed by atoms with Gasteiger partial charge in [0, 0.05) is 43.0 Å². The molecule has 0 aliphatic carbocycles. The first-order chi connectivity index (χ1) is 10.1. The van der Waals surface area contributed by atoms with Crippen molar-refractivity contribution in [2.45, 2.75) is 12.5 Å². The fraction of sp³-hybridized carbons (Fsp3) is 0.500. The molecular formula is C12H22ClN3O6S. The first-order valence-corrected chi connectivity index (χ1v) is 7.22. The monoisotopic (exact) mass is 371 g/mol. The van der Waals surface area contributed by atoms with Gasteiger partial charge in [0.2, 0.25) is 0 Å². The van der Waals surface area contributed by atoms with Crippen LogP contribution in [0.3, 0.4) is 0 Å². The average molecular weight is 372 g/mol. The molecule has 0 aromatic heterocycles. The molecule has 0 aromatic carbocycles. The highest BCUT2D eigenvalue weighted by atomic mass is 35.5. The van der Waals surface area contributed by atoms with Crippen molar-refractivity contribution in [3.63, 3.8) is 0 Å².